The third-order valence-electron chi connectivity index (χ3n) is 4.12. The van der Waals surface area contributed by atoms with Crippen LogP contribution in [0.2, 0.25) is 0 Å². The van der Waals surface area contributed by atoms with E-state index in [0.29, 0.717) is 12.0 Å². The van der Waals surface area contributed by atoms with E-state index in [9.17, 15) is 18.4 Å². The first-order valence-corrected chi connectivity index (χ1v) is 7.18. The predicted molar refractivity (Wildman–Crippen MR) is 81.0 cm³/mol. The van der Waals surface area contributed by atoms with Crippen molar-refractivity contribution < 1.29 is 13.5 Å². The summed E-state index contributed by atoms with van der Waals surface area (Å²) in [6, 6.07) is 1.59. The lowest BCUT2D eigenvalue weighted by Crippen LogP contribution is -2.23. The fourth-order valence-electron chi connectivity index (χ4n) is 2.71. The molecule has 0 bridgehead atoms. The number of ether oxygens (including phenoxy) is 1. The summed E-state index contributed by atoms with van der Waals surface area (Å²) in [5, 5.41) is 7.83. The number of allylic oxidation sites excluding steroid dienone is 1. The van der Waals surface area contributed by atoms with E-state index in [-0.39, 0.29) is 34.5 Å². The van der Waals surface area contributed by atoms with Gasteiger partial charge in [0, 0.05) is 11.8 Å². The van der Waals surface area contributed by atoms with Crippen molar-refractivity contribution in [1.82, 2.24) is 20.2 Å². The summed E-state index contributed by atoms with van der Waals surface area (Å²) >= 11 is 0. The van der Waals surface area contributed by atoms with E-state index in [2.05, 4.69) is 20.2 Å². The Kier molecular flexibility index (Phi) is 4.00. The van der Waals surface area contributed by atoms with Crippen LogP contribution in [0.25, 0.3) is 11.3 Å². The first-order valence-electron chi connectivity index (χ1n) is 7.18. The van der Waals surface area contributed by atoms with E-state index in [0.717, 1.165) is 0 Å². The van der Waals surface area contributed by atoms with Crippen molar-refractivity contribution in [3.05, 3.63) is 50.3 Å². The van der Waals surface area contributed by atoms with E-state index in [4.69, 9.17) is 4.74 Å². The molecule has 0 aromatic carbocycles. The van der Waals surface area contributed by atoms with Gasteiger partial charge in [0.05, 0.1) is 12.7 Å². The van der Waals surface area contributed by atoms with Gasteiger partial charge in [0.15, 0.2) is 0 Å². The Bertz CT molecular complexity index is 931. The second-order valence-corrected chi connectivity index (χ2v) is 5.57. The fraction of sp³-hybridized carbons (Fsp3) is 0.333. The van der Waals surface area contributed by atoms with Crippen LogP contribution in [0.1, 0.15) is 24.8 Å². The Morgan fingerprint density at radius 1 is 1.33 bits per heavy atom. The van der Waals surface area contributed by atoms with Gasteiger partial charge in [-0.1, -0.05) is 0 Å². The predicted octanol–water partition coefficient (Wildman–Crippen LogP) is 1.80. The maximum atomic E-state index is 12.8. The number of nitrogens with zero attached hydrogens (tertiary/aromatic N) is 2. The highest BCUT2D eigenvalue weighted by Gasteiger charge is 2.43. The van der Waals surface area contributed by atoms with Crippen LogP contribution in [-0.2, 0) is 0 Å². The van der Waals surface area contributed by atoms with E-state index < -0.39 is 17.3 Å². The maximum absolute atomic E-state index is 12.8. The zero-order valence-corrected chi connectivity index (χ0v) is 12.9. The molecule has 2 heterocycles. The molecule has 9 heteroatoms. The minimum absolute atomic E-state index is 0.0438. The molecule has 0 radical (unpaired) electrons. The van der Waals surface area contributed by atoms with Crippen molar-refractivity contribution in [1.29, 1.82) is 0 Å². The molecule has 1 aliphatic rings. The quantitative estimate of drug-likeness (QED) is 0.887. The largest absolute Gasteiger partial charge is 0.480 e. The van der Waals surface area contributed by atoms with Gasteiger partial charge < -0.3 is 9.72 Å². The number of aromatic nitrogens is 4. The summed E-state index contributed by atoms with van der Waals surface area (Å²) in [5.74, 6) is -0.216. The van der Waals surface area contributed by atoms with Gasteiger partial charge in [-0.15, -0.1) is 10.2 Å². The van der Waals surface area contributed by atoms with Crippen LogP contribution in [-0.4, -0.2) is 27.3 Å². The van der Waals surface area contributed by atoms with Gasteiger partial charge in [0.1, 0.15) is 5.69 Å². The van der Waals surface area contributed by atoms with Crippen LogP contribution < -0.4 is 16.0 Å². The molecule has 0 spiro atoms. The number of nitrogens with one attached hydrogen (secondary N) is 2. The summed E-state index contributed by atoms with van der Waals surface area (Å²) < 4.78 is 30.7. The fourth-order valence-corrected chi connectivity index (χ4v) is 2.71. The first kappa shape index (κ1) is 16.0. The normalized spacial score (nSPS) is 19.0. The molecular formula is C15H14F2N4O3. The van der Waals surface area contributed by atoms with Gasteiger partial charge in [-0.2, -0.15) is 8.78 Å². The molecule has 2 aromatic rings. The number of H-pyrrole nitrogens is 2. The molecule has 0 saturated heterocycles. The van der Waals surface area contributed by atoms with Gasteiger partial charge in [-0.25, -0.2) is 4.79 Å². The summed E-state index contributed by atoms with van der Waals surface area (Å²) in [4.78, 5) is 27.4. The Balaban J connectivity index is 2.03. The Hall–Kier alpha value is -2.84. The maximum Gasteiger partial charge on any atom is 0.325 e. The molecule has 2 atom stereocenters. The highest BCUT2D eigenvalue weighted by molar-refractivity contribution is 5.58. The van der Waals surface area contributed by atoms with E-state index in [1.807, 2.05) is 0 Å². The number of aromatic amines is 2. The van der Waals surface area contributed by atoms with Crippen LogP contribution in [0.3, 0.4) is 0 Å². The van der Waals surface area contributed by atoms with Gasteiger partial charge in [-0.05, 0) is 36.8 Å². The lowest BCUT2D eigenvalue weighted by molar-refractivity contribution is 0.385. The van der Waals surface area contributed by atoms with Gasteiger partial charge in [-0.3, -0.25) is 9.78 Å². The average Bonchev–Trinajstić information content (AvgIpc) is 3.34. The molecular weight excluding hydrogens is 322 g/mol. The monoisotopic (exact) mass is 336 g/mol. The Morgan fingerprint density at radius 2 is 2.08 bits per heavy atom. The molecule has 0 unspecified atom stereocenters. The lowest BCUT2D eigenvalue weighted by atomic mass is 10.1. The highest BCUT2D eigenvalue weighted by Crippen LogP contribution is 2.54. The number of halogens is 2. The van der Waals surface area contributed by atoms with Crippen LogP contribution in [0.15, 0.2) is 33.5 Å². The van der Waals surface area contributed by atoms with Crippen molar-refractivity contribution in [2.24, 2.45) is 5.92 Å². The molecule has 1 saturated carbocycles. The van der Waals surface area contributed by atoms with Crippen molar-refractivity contribution in [2.45, 2.75) is 19.3 Å². The molecule has 0 amide bonds. The third-order valence-corrected chi connectivity index (χ3v) is 4.12. The zero-order chi connectivity index (χ0) is 17.4. The number of hydrogen-bond acceptors (Lipinski definition) is 5. The van der Waals surface area contributed by atoms with E-state index in [1.54, 1.807) is 6.07 Å². The van der Waals surface area contributed by atoms with Crippen LogP contribution in [0, 0.1) is 5.92 Å². The minimum Gasteiger partial charge on any atom is -0.480 e. The van der Waals surface area contributed by atoms with E-state index >= 15 is 0 Å². The van der Waals surface area contributed by atoms with Crippen LogP contribution in [0.5, 0.6) is 5.88 Å². The minimum atomic E-state index is -1.68. The van der Waals surface area contributed by atoms with Crippen molar-refractivity contribution in [2.75, 3.05) is 7.11 Å². The van der Waals surface area contributed by atoms with Gasteiger partial charge in [0.2, 0.25) is 5.88 Å². The molecule has 2 N–H and O–H groups in total. The number of hydrogen-bond donors (Lipinski definition) is 2. The van der Waals surface area contributed by atoms with Gasteiger partial charge >= 0.3 is 5.69 Å². The first-order chi connectivity index (χ1) is 11.4. The third kappa shape index (κ3) is 2.84. The van der Waals surface area contributed by atoms with Crippen molar-refractivity contribution in [3.8, 4) is 17.1 Å². The summed E-state index contributed by atoms with van der Waals surface area (Å²) in [7, 11) is 1.41. The number of methoxy groups -OCH3 is 1. The Labute approximate surface area is 134 Å². The molecule has 2 aromatic heterocycles. The molecule has 126 valence electrons. The standard InChI is InChI=1S/C15H14F2N4O3/c1-6(12(16)17)7-3-8(7)9-4-11(20-21-14(9)24-2)10-5-18-15(23)19-13(10)22/h4-5,7-8H,3H2,1-2H3,(H2,18,19,22,23)/t7-,8+/m1/s1. The number of rotatable bonds is 4. The molecule has 3 rings (SSSR count). The molecule has 1 fully saturated rings. The van der Waals surface area contributed by atoms with Crippen molar-refractivity contribution in [3.63, 3.8) is 0 Å². The van der Waals surface area contributed by atoms with E-state index in [1.165, 1.54) is 20.2 Å². The van der Waals surface area contributed by atoms with Gasteiger partial charge in [0.25, 0.3) is 11.6 Å². The molecule has 24 heavy (non-hydrogen) atoms. The van der Waals surface area contributed by atoms with Crippen molar-refractivity contribution >= 4 is 0 Å². The summed E-state index contributed by atoms with van der Waals surface area (Å²) in [5.41, 5.74) is -0.223. The van der Waals surface area contributed by atoms with Crippen LogP contribution in [0.4, 0.5) is 8.78 Å². The Morgan fingerprint density at radius 3 is 2.71 bits per heavy atom. The molecule has 1 aliphatic carbocycles. The topological polar surface area (TPSA) is 101 Å². The summed E-state index contributed by atoms with van der Waals surface area (Å²) in [6.45, 7) is 1.40. The average molecular weight is 336 g/mol. The summed E-state index contributed by atoms with van der Waals surface area (Å²) in [6.07, 6.45) is 0.103. The molecule has 7 nitrogen and oxygen atoms in total. The second kappa shape index (κ2) is 5.99. The second-order valence-electron chi connectivity index (χ2n) is 5.57. The van der Waals surface area contributed by atoms with Crippen LogP contribution >= 0.6 is 0 Å². The smallest absolute Gasteiger partial charge is 0.325 e. The SMILES string of the molecule is COc1nnc(-c2c[nH]c(=O)[nH]c2=O)cc1[C@H]1C[C@@H]1C(C)=C(F)F. The highest BCUT2D eigenvalue weighted by atomic mass is 19.3. The lowest BCUT2D eigenvalue weighted by Gasteiger charge is -2.08. The zero-order valence-electron chi connectivity index (χ0n) is 12.9. The molecule has 0 aliphatic heterocycles.